The molecule has 0 bridgehead atoms. The van der Waals surface area contributed by atoms with Crippen LogP contribution < -0.4 is 9.47 Å². The van der Waals surface area contributed by atoms with E-state index < -0.39 is 29.4 Å². The van der Waals surface area contributed by atoms with E-state index in [1.54, 1.807) is 37.3 Å². The lowest BCUT2D eigenvalue weighted by molar-refractivity contribution is -0.0721. The number of piperidine rings is 1. The van der Waals surface area contributed by atoms with E-state index in [0.717, 1.165) is 44.7 Å². The number of alkyl halides is 1. The number of imidazole rings is 2. The fourth-order valence-electron chi connectivity index (χ4n) is 9.42. The van der Waals surface area contributed by atoms with Gasteiger partial charge in [0.15, 0.2) is 23.1 Å². The Morgan fingerprint density at radius 3 is 1.88 bits per heavy atom. The SMILES string of the molecule is COC(=O)c1cc(F)c2nc(CCl)n(C[C@@H]3CCO3)c2c1.COC(=O)c1cc(F)c2nc(CN3C[C@@H]4C(c5c(F)ccc6c5OC(C)(c5ccc(Cl)cn5)O6)[C@@H]4C3)n(C[C@@H]3CCO3)c2c1. The van der Waals surface area contributed by atoms with Gasteiger partial charge in [0.1, 0.15) is 34.2 Å². The van der Waals surface area contributed by atoms with E-state index in [4.69, 9.17) is 46.9 Å². The fourth-order valence-corrected chi connectivity index (χ4v) is 9.74. The highest BCUT2D eigenvalue weighted by atomic mass is 35.5. The maximum absolute atomic E-state index is 15.4. The second-order valence-electron chi connectivity index (χ2n) is 17.0. The number of methoxy groups -OCH3 is 2. The van der Waals surface area contributed by atoms with E-state index in [1.165, 1.54) is 26.5 Å². The maximum Gasteiger partial charge on any atom is 0.338 e. The van der Waals surface area contributed by atoms with Crippen LogP contribution in [-0.4, -0.2) is 93.7 Å². The second-order valence-corrected chi connectivity index (χ2v) is 17.7. The predicted octanol–water partition coefficient (Wildman–Crippen LogP) is 7.92. The van der Waals surface area contributed by atoms with E-state index in [-0.39, 0.29) is 63.8 Å². The molecule has 2 unspecified atom stereocenters. The van der Waals surface area contributed by atoms with E-state index in [2.05, 4.69) is 24.6 Å². The van der Waals surface area contributed by atoms with Gasteiger partial charge in [0, 0.05) is 45.0 Å². The first-order chi connectivity index (χ1) is 31.4. The number of likely N-dealkylation sites (tertiary alicyclic amines) is 1. The molecule has 5 aliphatic rings. The van der Waals surface area contributed by atoms with Crippen molar-refractivity contribution in [3.05, 3.63) is 111 Å². The summed E-state index contributed by atoms with van der Waals surface area (Å²) in [6, 6.07) is 12.0. The molecule has 0 radical (unpaired) electrons. The van der Waals surface area contributed by atoms with Gasteiger partial charge in [-0.25, -0.2) is 32.7 Å². The molecule has 1 saturated carbocycles. The number of pyridine rings is 1. The van der Waals surface area contributed by atoms with Gasteiger partial charge in [-0.15, -0.1) is 11.6 Å². The van der Waals surface area contributed by atoms with Crippen LogP contribution in [0.25, 0.3) is 22.1 Å². The van der Waals surface area contributed by atoms with E-state index >= 15 is 8.78 Å². The molecule has 0 N–H and O–H groups in total. The number of carbonyl (C=O) groups excluding carboxylic acids is 2. The number of aromatic nitrogens is 5. The molecule has 6 atom stereocenters. The highest BCUT2D eigenvalue weighted by molar-refractivity contribution is 6.30. The molecule has 4 aliphatic heterocycles. The van der Waals surface area contributed by atoms with Gasteiger partial charge in [0.25, 0.3) is 5.79 Å². The Kier molecular flexibility index (Phi) is 11.4. The van der Waals surface area contributed by atoms with Crippen LogP contribution in [0.2, 0.25) is 5.02 Å². The zero-order chi connectivity index (χ0) is 45.3. The molecule has 0 spiro atoms. The van der Waals surface area contributed by atoms with Crippen molar-refractivity contribution in [2.75, 3.05) is 40.5 Å². The Bertz CT molecular complexity index is 2840. The van der Waals surface area contributed by atoms with Gasteiger partial charge in [0.05, 0.1) is 79.1 Å². The van der Waals surface area contributed by atoms with Crippen molar-refractivity contribution in [3.63, 3.8) is 0 Å². The highest BCUT2D eigenvalue weighted by Gasteiger charge is 2.59. The third-order valence-corrected chi connectivity index (χ3v) is 13.4. The Morgan fingerprint density at radius 2 is 1.37 bits per heavy atom. The zero-order valence-corrected chi connectivity index (χ0v) is 37.0. The van der Waals surface area contributed by atoms with E-state index in [9.17, 15) is 14.0 Å². The molecule has 19 heteroatoms. The van der Waals surface area contributed by atoms with Crippen LogP contribution in [0.3, 0.4) is 0 Å². The summed E-state index contributed by atoms with van der Waals surface area (Å²) in [5, 5.41) is 0.498. The normalized spacial score (nSPS) is 24.0. The topological polar surface area (TPSA) is 141 Å². The molecule has 340 valence electrons. The van der Waals surface area contributed by atoms with Crippen molar-refractivity contribution >= 4 is 57.2 Å². The molecule has 14 nitrogen and oxygen atoms in total. The number of carbonyl (C=O) groups is 2. The van der Waals surface area contributed by atoms with Gasteiger partial charge < -0.3 is 37.6 Å². The van der Waals surface area contributed by atoms with Crippen molar-refractivity contribution in [3.8, 4) is 11.5 Å². The number of esters is 2. The molecule has 6 aromatic rings. The van der Waals surface area contributed by atoms with Crippen LogP contribution >= 0.6 is 23.2 Å². The number of fused-ring (bicyclic) bond motifs is 4. The van der Waals surface area contributed by atoms with Crippen molar-refractivity contribution in [2.24, 2.45) is 11.8 Å². The zero-order valence-electron chi connectivity index (χ0n) is 35.5. The third kappa shape index (κ3) is 7.94. The number of halogens is 5. The number of nitrogens with zero attached hydrogens (tertiary/aromatic N) is 6. The Hall–Kier alpha value is -5.46. The standard InChI is InChI=1S/C32H29ClF2N4O5.C14H14ClFN2O3/c1-32(25-6-3-17(33)11-36-25)43-24-5-4-21(34)28(30(24)44-32)27-19-13-38(14-20(19)27)15-26-37-29-22(35)9-16(31(40)41-2)10-23(29)39(26)12-18-7-8-42-18;1-20-14(19)8-4-10(16)13-11(5-8)18(12(6-15)17-13)7-9-2-3-21-9/h3-6,9-11,18-20,27H,7-8,12-15H2,1-2H3;4-5,9H,2-3,6-7H2,1H3/t18-,19-,20+,27?,32?;9-/m00/s1. The summed E-state index contributed by atoms with van der Waals surface area (Å²) in [7, 11) is 2.53. The number of benzene rings is 3. The van der Waals surface area contributed by atoms with Crippen LogP contribution in [0.4, 0.5) is 13.2 Å². The van der Waals surface area contributed by atoms with Gasteiger partial charge in [-0.1, -0.05) is 11.6 Å². The second kappa shape index (κ2) is 17.1. The molecule has 1 aliphatic carbocycles. The minimum Gasteiger partial charge on any atom is -0.465 e. The average molecular weight is 936 g/mol. The molecule has 7 heterocycles. The quantitative estimate of drug-likeness (QED) is 0.0921. The minimum atomic E-state index is -1.20. The molecular weight excluding hydrogens is 892 g/mol. The number of ether oxygens (including phenoxy) is 6. The van der Waals surface area contributed by atoms with Crippen molar-refractivity contribution in [2.45, 2.75) is 69.2 Å². The predicted molar refractivity (Wildman–Crippen MR) is 230 cm³/mol. The first-order valence-electron chi connectivity index (χ1n) is 21.2. The van der Waals surface area contributed by atoms with Crippen molar-refractivity contribution in [1.82, 2.24) is 29.0 Å². The molecule has 3 aromatic carbocycles. The molecule has 3 saturated heterocycles. The number of hydrogen-bond donors (Lipinski definition) is 0. The smallest absolute Gasteiger partial charge is 0.338 e. The third-order valence-electron chi connectivity index (χ3n) is 13.0. The molecule has 65 heavy (non-hydrogen) atoms. The van der Waals surface area contributed by atoms with Gasteiger partial charge >= 0.3 is 11.9 Å². The summed E-state index contributed by atoms with van der Waals surface area (Å²) >= 11 is 11.9. The summed E-state index contributed by atoms with van der Waals surface area (Å²) in [6.45, 7) is 6.19. The largest absolute Gasteiger partial charge is 0.465 e. The first kappa shape index (κ1) is 43.4. The first-order valence-corrected chi connectivity index (χ1v) is 22.2. The van der Waals surface area contributed by atoms with Gasteiger partial charge in [0.2, 0.25) is 0 Å². The maximum atomic E-state index is 15.4. The van der Waals surface area contributed by atoms with Crippen molar-refractivity contribution < 1.29 is 51.2 Å². The van der Waals surface area contributed by atoms with Gasteiger partial charge in [-0.3, -0.25) is 9.88 Å². The Morgan fingerprint density at radius 1 is 0.800 bits per heavy atom. The summed E-state index contributed by atoms with van der Waals surface area (Å²) in [6.07, 6.45) is 3.46. The average Bonchev–Trinajstić information content (AvgIpc) is 3.69. The highest BCUT2D eigenvalue weighted by Crippen LogP contribution is 2.63. The van der Waals surface area contributed by atoms with Gasteiger partial charge in [-0.05, 0) is 79.1 Å². The van der Waals surface area contributed by atoms with Crippen LogP contribution in [0.1, 0.15) is 69.3 Å². The van der Waals surface area contributed by atoms with E-state index in [1.807, 2.05) is 9.13 Å². The lowest BCUT2D eigenvalue weighted by Gasteiger charge is -2.28. The van der Waals surface area contributed by atoms with Crippen LogP contribution in [0.15, 0.2) is 54.7 Å². The van der Waals surface area contributed by atoms with Crippen LogP contribution in [-0.2, 0) is 50.2 Å². The minimum absolute atomic E-state index is 0.00600. The Balaban J connectivity index is 0.000000199. The lowest BCUT2D eigenvalue weighted by Crippen LogP contribution is -2.33. The molecule has 3 aromatic heterocycles. The van der Waals surface area contributed by atoms with Crippen LogP contribution in [0, 0.1) is 29.3 Å². The summed E-state index contributed by atoms with van der Waals surface area (Å²) in [4.78, 5) is 39.3. The monoisotopic (exact) mass is 934 g/mol. The summed E-state index contributed by atoms with van der Waals surface area (Å²) in [5.41, 5.74) is 2.86. The summed E-state index contributed by atoms with van der Waals surface area (Å²) < 4.78 is 81.4. The molecule has 11 rings (SSSR count). The van der Waals surface area contributed by atoms with E-state index in [0.29, 0.717) is 76.7 Å². The Labute approximate surface area is 380 Å². The lowest BCUT2D eigenvalue weighted by atomic mass is 10.0. The fraction of sp³-hybridized carbons (Fsp3) is 0.413. The van der Waals surface area contributed by atoms with Crippen molar-refractivity contribution in [1.29, 1.82) is 0 Å². The summed E-state index contributed by atoms with van der Waals surface area (Å²) in [5.74, 6) is -1.05. The number of rotatable bonds is 11. The van der Waals surface area contributed by atoms with Crippen LogP contribution in [0.5, 0.6) is 11.5 Å². The number of hydrogen-bond acceptors (Lipinski definition) is 12. The molecular formula is C46H43Cl2F3N6O8. The van der Waals surface area contributed by atoms with Gasteiger partial charge in [-0.2, -0.15) is 0 Å². The molecule has 0 amide bonds. The molecule has 4 fully saturated rings.